The summed E-state index contributed by atoms with van der Waals surface area (Å²) in [6.07, 6.45) is 6.01. The number of hydrogen-bond donors (Lipinski definition) is 1. The standard InChI is InChI=1S/C14H17N5OS/c1-2-12-17-14(21-18-12)16-11-6-4-8-19(13(11)20)10-5-3-7-15-9-10/h3,5,7,9,11H,2,4,6,8H2,1H3,(H,16,17,18)/t11-/m0/s1. The van der Waals surface area contributed by atoms with Gasteiger partial charge >= 0.3 is 0 Å². The molecule has 2 aromatic rings. The van der Waals surface area contributed by atoms with Crippen molar-refractivity contribution in [1.82, 2.24) is 14.3 Å². The van der Waals surface area contributed by atoms with Gasteiger partial charge in [0.1, 0.15) is 11.9 Å². The predicted molar refractivity (Wildman–Crippen MR) is 82.5 cm³/mol. The molecular weight excluding hydrogens is 286 g/mol. The fourth-order valence-corrected chi connectivity index (χ4v) is 3.09. The zero-order valence-corrected chi connectivity index (χ0v) is 12.6. The van der Waals surface area contributed by atoms with Crippen molar-refractivity contribution in [2.24, 2.45) is 0 Å². The second-order valence-corrected chi connectivity index (χ2v) is 5.66. The van der Waals surface area contributed by atoms with Crippen LogP contribution in [0.4, 0.5) is 10.8 Å². The lowest BCUT2D eigenvalue weighted by Gasteiger charge is -2.32. The Kier molecular flexibility index (Phi) is 4.10. The molecule has 7 heteroatoms. The fraction of sp³-hybridized carbons (Fsp3) is 0.429. The number of nitrogens with one attached hydrogen (secondary N) is 1. The van der Waals surface area contributed by atoms with Crippen LogP contribution >= 0.6 is 11.5 Å². The molecule has 0 radical (unpaired) electrons. The SMILES string of the molecule is CCc1nsc(N[C@H]2CCCN(c3cccnc3)C2=O)n1. The summed E-state index contributed by atoms with van der Waals surface area (Å²) in [6.45, 7) is 2.75. The van der Waals surface area contributed by atoms with E-state index in [0.29, 0.717) is 0 Å². The number of carbonyl (C=O) groups is 1. The van der Waals surface area contributed by atoms with Crippen molar-refractivity contribution in [1.29, 1.82) is 0 Å². The number of aryl methyl sites for hydroxylation is 1. The smallest absolute Gasteiger partial charge is 0.249 e. The lowest BCUT2D eigenvalue weighted by Crippen LogP contribution is -2.47. The molecule has 6 nitrogen and oxygen atoms in total. The van der Waals surface area contributed by atoms with E-state index in [0.717, 1.165) is 42.5 Å². The number of rotatable bonds is 4. The first kappa shape index (κ1) is 13.9. The molecule has 1 atom stereocenters. The molecule has 3 rings (SSSR count). The molecule has 0 bridgehead atoms. The first-order valence-corrected chi connectivity index (χ1v) is 7.86. The first-order chi connectivity index (χ1) is 10.3. The highest BCUT2D eigenvalue weighted by atomic mass is 32.1. The maximum absolute atomic E-state index is 12.6. The summed E-state index contributed by atoms with van der Waals surface area (Å²) in [6, 6.07) is 3.52. The van der Waals surface area contributed by atoms with E-state index in [-0.39, 0.29) is 11.9 Å². The third-order valence-electron chi connectivity index (χ3n) is 3.48. The molecule has 1 amide bonds. The van der Waals surface area contributed by atoms with Crippen molar-refractivity contribution < 1.29 is 4.79 Å². The van der Waals surface area contributed by atoms with Gasteiger partial charge in [-0.3, -0.25) is 9.78 Å². The summed E-state index contributed by atoms with van der Waals surface area (Å²) in [5.74, 6) is 0.886. The molecule has 1 aliphatic rings. The zero-order valence-electron chi connectivity index (χ0n) is 11.8. The summed E-state index contributed by atoms with van der Waals surface area (Å²) >= 11 is 1.31. The summed E-state index contributed by atoms with van der Waals surface area (Å²) in [7, 11) is 0. The number of pyridine rings is 1. The van der Waals surface area contributed by atoms with Crippen LogP contribution in [0, 0.1) is 0 Å². The fourth-order valence-electron chi connectivity index (χ4n) is 2.38. The van der Waals surface area contributed by atoms with Crippen molar-refractivity contribution >= 4 is 28.3 Å². The number of aromatic nitrogens is 3. The van der Waals surface area contributed by atoms with Gasteiger partial charge in [-0.15, -0.1) is 0 Å². The monoisotopic (exact) mass is 303 g/mol. The average molecular weight is 303 g/mol. The van der Waals surface area contributed by atoms with Gasteiger partial charge in [0.25, 0.3) is 0 Å². The minimum absolute atomic E-state index is 0.0718. The quantitative estimate of drug-likeness (QED) is 0.936. The van der Waals surface area contributed by atoms with Crippen LogP contribution in [0.3, 0.4) is 0 Å². The van der Waals surface area contributed by atoms with Crippen molar-refractivity contribution in [3.63, 3.8) is 0 Å². The number of piperidine rings is 1. The Hall–Kier alpha value is -2.02. The largest absolute Gasteiger partial charge is 0.348 e. The number of nitrogens with zero attached hydrogens (tertiary/aromatic N) is 4. The van der Waals surface area contributed by atoms with Crippen molar-refractivity contribution in [2.75, 3.05) is 16.8 Å². The van der Waals surface area contributed by atoms with Gasteiger partial charge in [-0.05, 0) is 25.0 Å². The van der Waals surface area contributed by atoms with Crippen LogP contribution in [0.25, 0.3) is 0 Å². The molecule has 0 unspecified atom stereocenters. The molecule has 2 aromatic heterocycles. The van der Waals surface area contributed by atoms with Gasteiger partial charge in [-0.1, -0.05) is 6.92 Å². The summed E-state index contributed by atoms with van der Waals surface area (Å²) in [5.41, 5.74) is 0.848. The highest BCUT2D eigenvalue weighted by Crippen LogP contribution is 2.23. The third-order valence-corrected chi connectivity index (χ3v) is 4.16. The molecule has 0 saturated carbocycles. The van der Waals surface area contributed by atoms with Crippen LogP contribution < -0.4 is 10.2 Å². The molecule has 0 aliphatic carbocycles. The zero-order chi connectivity index (χ0) is 14.7. The topological polar surface area (TPSA) is 71.0 Å². The molecular formula is C14H17N5OS. The highest BCUT2D eigenvalue weighted by molar-refractivity contribution is 7.09. The number of hydrogen-bond acceptors (Lipinski definition) is 6. The van der Waals surface area contributed by atoms with Crippen LogP contribution in [0.15, 0.2) is 24.5 Å². The molecule has 1 saturated heterocycles. The second-order valence-electron chi connectivity index (χ2n) is 4.91. The maximum Gasteiger partial charge on any atom is 0.249 e. The van der Waals surface area contributed by atoms with E-state index in [4.69, 9.17) is 0 Å². The average Bonchev–Trinajstić information content (AvgIpc) is 2.98. The van der Waals surface area contributed by atoms with E-state index < -0.39 is 0 Å². The van der Waals surface area contributed by atoms with E-state index in [1.54, 1.807) is 17.3 Å². The van der Waals surface area contributed by atoms with Crippen LogP contribution in [-0.2, 0) is 11.2 Å². The maximum atomic E-state index is 12.6. The van der Waals surface area contributed by atoms with Crippen molar-refractivity contribution in [3.05, 3.63) is 30.4 Å². The summed E-state index contributed by atoms with van der Waals surface area (Å²) in [5, 5.41) is 3.94. The summed E-state index contributed by atoms with van der Waals surface area (Å²) in [4.78, 5) is 22.8. The Bertz CT molecular complexity index is 615. The van der Waals surface area contributed by atoms with Crippen molar-refractivity contribution in [3.8, 4) is 0 Å². The third kappa shape index (κ3) is 3.02. The normalized spacial score (nSPS) is 18.8. The van der Waals surface area contributed by atoms with Gasteiger partial charge in [0.05, 0.1) is 11.9 Å². The van der Waals surface area contributed by atoms with Gasteiger partial charge in [0, 0.05) is 30.7 Å². The van der Waals surface area contributed by atoms with E-state index >= 15 is 0 Å². The van der Waals surface area contributed by atoms with Gasteiger partial charge in [0.15, 0.2) is 0 Å². The van der Waals surface area contributed by atoms with E-state index in [1.807, 2.05) is 19.1 Å². The van der Waals surface area contributed by atoms with Crippen LogP contribution in [0.2, 0.25) is 0 Å². The molecule has 1 fully saturated rings. The molecule has 1 N–H and O–H groups in total. The van der Waals surface area contributed by atoms with Gasteiger partial charge in [0.2, 0.25) is 11.0 Å². The first-order valence-electron chi connectivity index (χ1n) is 7.08. The van der Waals surface area contributed by atoms with Crippen LogP contribution in [0.5, 0.6) is 0 Å². The Balaban J connectivity index is 1.73. The number of amides is 1. The summed E-state index contributed by atoms with van der Waals surface area (Å²) < 4.78 is 4.24. The van der Waals surface area contributed by atoms with Gasteiger partial charge < -0.3 is 10.2 Å². The minimum atomic E-state index is -0.239. The van der Waals surface area contributed by atoms with Crippen LogP contribution in [0.1, 0.15) is 25.6 Å². The molecule has 3 heterocycles. The molecule has 0 spiro atoms. The Morgan fingerprint density at radius 1 is 1.52 bits per heavy atom. The van der Waals surface area contributed by atoms with Gasteiger partial charge in [-0.2, -0.15) is 4.37 Å². The molecule has 21 heavy (non-hydrogen) atoms. The molecule has 110 valence electrons. The van der Waals surface area contributed by atoms with Gasteiger partial charge in [-0.25, -0.2) is 4.98 Å². The molecule has 1 aliphatic heterocycles. The minimum Gasteiger partial charge on any atom is -0.348 e. The van der Waals surface area contributed by atoms with E-state index in [9.17, 15) is 4.79 Å². The number of anilines is 2. The molecule has 0 aromatic carbocycles. The van der Waals surface area contributed by atoms with Crippen molar-refractivity contribution in [2.45, 2.75) is 32.2 Å². The van der Waals surface area contributed by atoms with E-state index in [1.165, 1.54) is 11.5 Å². The van der Waals surface area contributed by atoms with E-state index in [2.05, 4.69) is 19.7 Å². The second kappa shape index (κ2) is 6.17. The Labute approximate surface area is 127 Å². The van der Waals surface area contributed by atoms with Crippen LogP contribution in [-0.4, -0.2) is 32.8 Å². The Morgan fingerprint density at radius 2 is 2.43 bits per heavy atom. The number of carbonyl (C=O) groups excluding carboxylic acids is 1. The Morgan fingerprint density at radius 3 is 3.14 bits per heavy atom. The predicted octanol–water partition coefficient (Wildman–Crippen LogP) is 2.10. The highest BCUT2D eigenvalue weighted by Gasteiger charge is 2.30. The lowest BCUT2D eigenvalue weighted by atomic mass is 10.0. The lowest BCUT2D eigenvalue weighted by molar-refractivity contribution is -0.120.